The summed E-state index contributed by atoms with van der Waals surface area (Å²) in [6.07, 6.45) is 5.22. The van der Waals surface area contributed by atoms with E-state index < -0.39 is 0 Å². The molecular formula is C12H17N3. The molecule has 0 spiro atoms. The summed E-state index contributed by atoms with van der Waals surface area (Å²) < 4.78 is 0. The number of aryl methyl sites for hydroxylation is 1. The normalized spacial score (nSPS) is 12.3. The average Bonchev–Trinajstić information content (AvgIpc) is 2.27. The Labute approximate surface area is 90.5 Å². The summed E-state index contributed by atoms with van der Waals surface area (Å²) in [5.41, 5.74) is 8.87. The SMILES string of the molecule is CC/C=C\c1cc(/C(N)=N/N)ccc1C. The highest BCUT2D eigenvalue weighted by molar-refractivity contribution is 5.97. The second-order valence-electron chi connectivity index (χ2n) is 3.40. The van der Waals surface area contributed by atoms with Crippen LogP contribution >= 0.6 is 0 Å². The van der Waals surface area contributed by atoms with E-state index in [0.717, 1.165) is 17.5 Å². The van der Waals surface area contributed by atoms with E-state index in [9.17, 15) is 0 Å². The summed E-state index contributed by atoms with van der Waals surface area (Å²) in [4.78, 5) is 0. The van der Waals surface area contributed by atoms with Crippen LogP contribution in [0.1, 0.15) is 30.0 Å². The van der Waals surface area contributed by atoms with Gasteiger partial charge in [0.15, 0.2) is 0 Å². The van der Waals surface area contributed by atoms with Crippen LogP contribution in [0.2, 0.25) is 0 Å². The van der Waals surface area contributed by atoms with Gasteiger partial charge < -0.3 is 11.6 Å². The molecule has 1 aromatic carbocycles. The Balaban J connectivity index is 3.11. The van der Waals surface area contributed by atoms with Crippen molar-refractivity contribution in [2.75, 3.05) is 0 Å². The molecule has 0 atom stereocenters. The molecule has 0 aliphatic carbocycles. The summed E-state index contributed by atoms with van der Waals surface area (Å²) in [5, 5.41) is 3.48. The first-order valence-corrected chi connectivity index (χ1v) is 5.00. The van der Waals surface area contributed by atoms with Gasteiger partial charge in [-0.15, -0.1) is 0 Å². The summed E-state index contributed by atoms with van der Waals surface area (Å²) >= 11 is 0. The van der Waals surface area contributed by atoms with Crippen LogP contribution in [0.3, 0.4) is 0 Å². The average molecular weight is 203 g/mol. The first kappa shape index (κ1) is 11.3. The summed E-state index contributed by atoms with van der Waals surface area (Å²) in [5.74, 6) is 5.50. The maximum Gasteiger partial charge on any atom is 0.150 e. The van der Waals surface area contributed by atoms with E-state index in [1.165, 1.54) is 5.56 Å². The topological polar surface area (TPSA) is 64.4 Å². The van der Waals surface area contributed by atoms with E-state index in [1.807, 2.05) is 18.2 Å². The van der Waals surface area contributed by atoms with Crippen molar-refractivity contribution >= 4 is 11.9 Å². The minimum Gasteiger partial charge on any atom is -0.382 e. The molecule has 0 heterocycles. The van der Waals surface area contributed by atoms with Gasteiger partial charge in [0.05, 0.1) is 0 Å². The van der Waals surface area contributed by atoms with Crippen molar-refractivity contribution in [3.8, 4) is 0 Å². The highest BCUT2D eigenvalue weighted by Gasteiger charge is 2.00. The number of benzene rings is 1. The zero-order valence-electron chi connectivity index (χ0n) is 9.20. The molecule has 0 radical (unpaired) electrons. The van der Waals surface area contributed by atoms with E-state index in [2.05, 4.69) is 31.1 Å². The van der Waals surface area contributed by atoms with Crippen LogP contribution in [0.4, 0.5) is 0 Å². The lowest BCUT2D eigenvalue weighted by molar-refractivity contribution is 1.22. The third kappa shape index (κ3) is 2.84. The predicted octanol–water partition coefficient (Wildman–Crippen LogP) is 2.00. The van der Waals surface area contributed by atoms with Crippen molar-refractivity contribution in [3.63, 3.8) is 0 Å². The van der Waals surface area contributed by atoms with Gasteiger partial charge in [-0.2, -0.15) is 5.10 Å². The van der Waals surface area contributed by atoms with Crippen LogP contribution in [0.15, 0.2) is 29.4 Å². The van der Waals surface area contributed by atoms with Gasteiger partial charge in [-0.05, 0) is 30.5 Å². The van der Waals surface area contributed by atoms with Crippen molar-refractivity contribution in [3.05, 3.63) is 41.0 Å². The van der Waals surface area contributed by atoms with Crippen LogP contribution in [-0.4, -0.2) is 5.84 Å². The number of hydrogen-bond acceptors (Lipinski definition) is 2. The lowest BCUT2D eigenvalue weighted by Crippen LogP contribution is -2.15. The number of nitrogens with zero attached hydrogens (tertiary/aromatic N) is 1. The largest absolute Gasteiger partial charge is 0.382 e. The molecule has 0 fully saturated rings. The van der Waals surface area contributed by atoms with Gasteiger partial charge in [-0.1, -0.05) is 31.2 Å². The molecule has 3 nitrogen and oxygen atoms in total. The second-order valence-corrected chi connectivity index (χ2v) is 3.40. The summed E-state index contributed by atoms with van der Waals surface area (Å²) in [7, 11) is 0. The molecule has 3 heteroatoms. The van der Waals surface area contributed by atoms with Crippen molar-refractivity contribution in [1.29, 1.82) is 0 Å². The second kappa shape index (κ2) is 5.20. The fourth-order valence-electron chi connectivity index (χ4n) is 1.30. The Morgan fingerprint density at radius 2 is 2.20 bits per heavy atom. The van der Waals surface area contributed by atoms with Gasteiger partial charge in [-0.25, -0.2) is 0 Å². The molecule has 1 aromatic rings. The molecule has 0 aliphatic rings. The molecule has 0 unspecified atom stereocenters. The number of rotatable bonds is 3. The third-order valence-corrected chi connectivity index (χ3v) is 2.25. The molecule has 80 valence electrons. The van der Waals surface area contributed by atoms with Gasteiger partial charge in [0.2, 0.25) is 0 Å². The van der Waals surface area contributed by atoms with Crippen molar-refractivity contribution in [1.82, 2.24) is 0 Å². The highest BCUT2D eigenvalue weighted by Crippen LogP contribution is 2.13. The zero-order chi connectivity index (χ0) is 11.3. The molecule has 0 amide bonds. The lowest BCUT2D eigenvalue weighted by Gasteiger charge is -2.04. The molecular weight excluding hydrogens is 186 g/mol. The predicted molar refractivity (Wildman–Crippen MR) is 65.4 cm³/mol. The Morgan fingerprint density at radius 1 is 1.47 bits per heavy atom. The van der Waals surface area contributed by atoms with Crippen molar-refractivity contribution in [2.45, 2.75) is 20.3 Å². The molecule has 1 rings (SSSR count). The minimum atomic E-state index is 0.362. The standard InChI is InChI=1S/C12H17N3/c1-3-4-5-10-8-11(12(13)15-14)7-6-9(10)2/h4-8H,3,14H2,1-2H3,(H2,13,15)/b5-4-. The molecule has 4 N–H and O–H groups in total. The lowest BCUT2D eigenvalue weighted by atomic mass is 10.0. The van der Waals surface area contributed by atoms with E-state index in [4.69, 9.17) is 11.6 Å². The zero-order valence-corrected chi connectivity index (χ0v) is 9.20. The molecule has 0 bridgehead atoms. The van der Waals surface area contributed by atoms with Crippen LogP contribution in [-0.2, 0) is 0 Å². The summed E-state index contributed by atoms with van der Waals surface area (Å²) in [6, 6.07) is 5.93. The number of hydrazone groups is 1. The van der Waals surface area contributed by atoms with E-state index in [0.29, 0.717) is 5.84 Å². The molecule has 15 heavy (non-hydrogen) atoms. The Hall–Kier alpha value is -1.77. The van der Waals surface area contributed by atoms with E-state index in [1.54, 1.807) is 0 Å². The highest BCUT2D eigenvalue weighted by atomic mass is 15.1. The Bertz CT molecular complexity index is 392. The minimum absolute atomic E-state index is 0.362. The number of nitrogens with two attached hydrogens (primary N) is 2. The molecule has 0 saturated carbocycles. The first-order valence-electron chi connectivity index (χ1n) is 5.00. The van der Waals surface area contributed by atoms with Gasteiger partial charge in [-0.3, -0.25) is 0 Å². The van der Waals surface area contributed by atoms with Crippen LogP contribution < -0.4 is 11.6 Å². The smallest absolute Gasteiger partial charge is 0.150 e. The van der Waals surface area contributed by atoms with Gasteiger partial charge in [0.25, 0.3) is 0 Å². The van der Waals surface area contributed by atoms with Crippen LogP contribution in [0.5, 0.6) is 0 Å². The third-order valence-electron chi connectivity index (χ3n) is 2.25. The maximum absolute atomic E-state index is 5.64. The van der Waals surface area contributed by atoms with E-state index >= 15 is 0 Å². The quantitative estimate of drug-likeness (QED) is 0.341. The molecule has 0 saturated heterocycles. The van der Waals surface area contributed by atoms with Crippen LogP contribution in [0.25, 0.3) is 6.08 Å². The maximum atomic E-state index is 5.64. The fourth-order valence-corrected chi connectivity index (χ4v) is 1.30. The molecule has 0 aliphatic heterocycles. The van der Waals surface area contributed by atoms with Crippen molar-refractivity contribution < 1.29 is 0 Å². The van der Waals surface area contributed by atoms with Crippen LogP contribution in [0, 0.1) is 6.92 Å². The monoisotopic (exact) mass is 203 g/mol. The number of hydrogen-bond donors (Lipinski definition) is 2. The van der Waals surface area contributed by atoms with E-state index in [-0.39, 0.29) is 0 Å². The first-order chi connectivity index (χ1) is 7.19. The van der Waals surface area contributed by atoms with Gasteiger partial charge >= 0.3 is 0 Å². The van der Waals surface area contributed by atoms with Crippen molar-refractivity contribution in [2.24, 2.45) is 16.7 Å². The Kier molecular flexibility index (Phi) is 3.92. The number of allylic oxidation sites excluding steroid dienone is 1. The van der Waals surface area contributed by atoms with Gasteiger partial charge in [0.1, 0.15) is 5.84 Å². The van der Waals surface area contributed by atoms with Gasteiger partial charge in [0, 0.05) is 5.56 Å². The summed E-state index contributed by atoms with van der Waals surface area (Å²) in [6.45, 7) is 4.17. The molecule has 0 aromatic heterocycles. The number of amidine groups is 1. The fraction of sp³-hybridized carbons (Fsp3) is 0.250. The Morgan fingerprint density at radius 3 is 2.80 bits per heavy atom.